The lowest BCUT2D eigenvalue weighted by Crippen LogP contribution is -2.87. The van der Waals surface area contributed by atoms with Gasteiger partial charge in [-0.05, 0) is 36.4 Å². The number of ether oxygens (including phenoxy) is 2. The van der Waals surface area contributed by atoms with Gasteiger partial charge in [0.25, 0.3) is 23.6 Å². The molecule has 196 valence electrons. The SMILES string of the molecule is COC1(NC(=O)c2cccnc2)N([N+](=O)[O-])CCOC1(NC(=O)c1ccccc1)NC(=O)c1ccccc1. The largest absolute Gasteiger partial charge is 0.345 e. The predicted molar refractivity (Wildman–Crippen MR) is 132 cm³/mol. The van der Waals surface area contributed by atoms with Crippen LogP contribution >= 0.6 is 0 Å². The van der Waals surface area contributed by atoms with Crippen LogP contribution in [0, 0.1) is 10.1 Å². The Morgan fingerprint density at radius 1 is 0.895 bits per heavy atom. The number of hydrogen-bond donors (Lipinski definition) is 3. The minimum absolute atomic E-state index is 0.0375. The highest BCUT2D eigenvalue weighted by atomic mass is 16.7. The van der Waals surface area contributed by atoms with Crippen molar-refractivity contribution in [1.29, 1.82) is 0 Å². The summed E-state index contributed by atoms with van der Waals surface area (Å²) >= 11 is 0. The maximum atomic E-state index is 13.4. The number of methoxy groups -OCH3 is 1. The predicted octanol–water partition coefficient (Wildman–Crippen LogP) is 1.15. The van der Waals surface area contributed by atoms with Crippen molar-refractivity contribution >= 4 is 17.7 Å². The van der Waals surface area contributed by atoms with Gasteiger partial charge in [-0.15, -0.1) is 0 Å². The molecule has 0 radical (unpaired) electrons. The first-order valence-corrected chi connectivity index (χ1v) is 11.4. The van der Waals surface area contributed by atoms with Crippen LogP contribution in [0.4, 0.5) is 0 Å². The molecule has 13 nitrogen and oxygen atoms in total. The summed E-state index contributed by atoms with van der Waals surface area (Å²) in [5.74, 6) is -7.41. The topological polar surface area (TPSA) is 165 Å². The van der Waals surface area contributed by atoms with Gasteiger partial charge in [0.15, 0.2) is 5.03 Å². The third-order valence-electron chi connectivity index (χ3n) is 5.81. The summed E-state index contributed by atoms with van der Waals surface area (Å²) < 4.78 is 11.5. The van der Waals surface area contributed by atoms with Gasteiger partial charge in [0, 0.05) is 30.6 Å². The minimum atomic E-state index is -2.56. The molecule has 1 aliphatic rings. The molecule has 0 saturated carbocycles. The van der Waals surface area contributed by atoms with E-state index < -0.39 is 34.5 Å². The van der Waals surface area contributed by atoms with Gasteiger partial charge in [-0.3, -0.25) is 24.7 Å². The van der Waals surface area contributed by atoms with E-state index in [2.05, 4.69) is 20.9 Å². The zero-order valence-corrected chi connectivity index (χ0v) is 20.2. The number of benzene rings is 2. The Bertz CT molecular complexity index is 1260. The zero-order valence-electron chi connectivity index (χ0n) is 20.2. The summed E-state index contributed by atoms with van der Waals surface area (Å²) in [6.07, 6.45) is 2.69. The van der Waals surface area contributed by atoms with Crippen molar-refractivity contribution in [2.24, 2.45) is 0 Å². The maximum Gasteiger partial charge on any atom is 0.345 e. The highest BCUT2D eigenvalue weighted by Gasteiger charge is 2.68. The van der Waals surface area contributed by atoms with Gasteiger partial charge in [0.1, 0.15) is 6.54 Å². The fraction of sp³-hybridized carbons (Fsp3) is 0.200. The number of aromatic nitrogens is 1. The summed E-state index contributed by atoms with van der Waals surface area (Å²) in [6, 6.07) is 18.8. The van der Waals surface area contributed by atoms with Crippen molar-refractivity contribution < 1.29 is 28.9 Å². The van der Waals surface area contributed by atoms with Gasteiger partial charge in [-0.25, -0.2) is 10.1 Å². The second-order valence-corrected chi connectivity index (χ2v) is 8.07. The normalized spacial score (nSPS) is 18.2. The number of nitro groups is 1. The molecule has 2 aromatic carbocycles. The Morgan fingerprint density at radius 3 is 1.89 bits per heavy atom. The summed E-state index contributed by atoms with van der Waals surface area (Å²) in [4.78, 5) is 56.2. The van der Waals surface area contributed by atoms with Gasteiger partial charge < -0.3 is 20.1 Å². The van der Waals surface area contributed by atoms with Gasteiger partial charge in [-0.1, -0.05) is 41.4 Å². The maximum absolute atomic E-state index is 13.4. The van der Waals surface area contributed by atoms with Crippen molar-refractivity contribution in [1.82, 2.24) is 25.9 Å². The first-order chi connectivity index (χ1) is 18.3. The van der Waals surface area contributed by atoms with Crippen LogP contribution in [0.1, 0.15) is 31.1 Å². The molecule has 3 N–H and O–H groups in total. The second-order valence-electron chi connectivity index (χ2n) is 8.07. The number of morpholine rings is 1. The van der Waals surface area contributed by atoms with Crippen molar-refractivity contribution in [2.45, 2.75) is 11.7 Å². The summed E-state index contributed by atoms with van der Waals surface area (Å²) in [5, 5.41) is 19.5. The number of rotatable bonds is 8. The molecular weight excluding hydrogens is 496 g/mol. The van der Waals surface area contributed by atoms with Crippen molar-refractivity contribution in [3.8, 4) is 0 Å². The van der Waals surface area contributed by atoms with Crippen LogP contribution in [0.25, 0.3) is 0 Å². The Labute approximate surface area is 216 Å². The van der Waals surface area contributed by atoms with Gasteiger partial charge in [-0.2, -0.15) is 0 Å². The number of carbonyl (C=O) groups excluding carboxylic acids is 3. The molecular formula is C25H24N6O7. The van der Waals surface area contributed by atoms with E-state index in [1.165, 1.54) is 48.8 Å². The lowest BCUT2D eigenvalue weighted by molar-refractivity contribution is -0.707. The standard InChI is InChI=1S/C25H24N6O7/c1-37-25(29-23(34)20-13-8-14-26-17-20)24(38-16-15-30(25)31(35)36,27-21(32)18-9-4-2-5-10-18)28-22(33)19-11-6-3-7-12-19/h2-14,17H,15-16H2,1H3,(H,27,32)(H,28,33)(H,29,34). The number of amides is 3. The van der Waals surface area contributed by atoms with E-state index in [0.717, 1.165) is 7.11 Å². The number of carbonyl (C=O) groups is 3. The van der Waals surface area contributed by atoms with Crippen LogP contribution in [0.5, 0.6) is 0 Å². The average Bonchev–Trinajstić information content (AvgIpc) is 2.95. The molecule has 3 amide bonds. The molecule has 0 spiro atoms. The Kier molecular flexibility index (Phi) is 7.60. The average molecular weight is 521 g/mol. The molecule has 1 fully saturated rings. The Morgan fingerprint density at radius 2 is 1.42 bits per heavy atom. The smallest absolute Gasteiger partial charge is 0.332 e. The summed E-state index contributed by atoms with van der Waals surface area (Å²) in [6.45, 7) is -0.683. The third kappa shape index (κ3) is 5.00. The Balaban J connectivity index is 1.86. The van der Waals surface area contributed by atoms with E-state index >= 15 is 0 Å². The van der Waals surface area contributed by atoms with Crippen LogP contribution in [-0.4, -0.2) is 64.7 Å². The number of pyridine rings is 1. The highest BCUT2D eigenvalue weighted by molar-refractivity contribution is 5.98. The molecule has 13 heteroatoms. The zero-order chi connectivity index (χ0) is 27.2. The first kappa shape index (κ1) is 26.2. The summed E-state index contributed by atoms with van der Waals surface area (Å²) in [7, 11) is 1.08. The number of hydrogen-bond acceptors (Lipinski definition) is 8. The molecule has 1 aliphatic heterocycles. The fourth-order valence-electron chi connectivity index (χ4n) is 4.01. The van der Waals surface area contributed by atoms with E-state index in [9.17, 15) is 24.5 Å². The number of nitrogens with zero attached hydrogens (tertiary/aromatic N) is 3. The van der Waals surface area contributed by atoms with Crippen molar-refractivity contribution in [3.63, 3.8) is 0 Å². The molecule has 1 unspecified atom stereocenters. The van der Waals surface area contributed by atoms with Gasteiger partial charge >= 0.3 is 5.85 Å². The van der Waals surface area contributed by atoms with Crippen LogP contribution < -0.4 is 16.0 Å². The molecule has 1 aromatic heterocycles. The molecule has 1 atom stereocenters. The van der Waals surface area contributed by atoms with E-state index in [4.69, 9.17) is 9.47 Å². The highest BCUT2D eigenvalue weighted by Crippen LogP contribution is 2.32. The molecule has 0 bridgehead atoms. The molecule has 38 heavy (non-hydrogen) atoms. The van der Waals surface area contributed by atoms with E-state index in [1.807, 2.05) is 0 Å². The first-order valence-electron chi connectivity index (χ1n) is 11.4. The Hall–Kier alpha value is -4.88. The fourth-order valence-corrected chi connectivity index (χ4v) is 4.01. The summed E-state index contributed by atoms with van der Waals surface area (Å²) in [5.41, 5.74) is 0.355. The molecule has 4 rings (SSSR count). The quantitative estimate of drug-likeness (QED) is 0.224. The lowest BCUT2D eigenvalue weighted by atomic mass is 10.1. The number of hydrazine groups is 1. The molecule has 3 aromatic rings. The van der Waals surface area contributed by atoms with Crippen LogP contribution in [-0.2, 0) is 9.47 Å². The van der Waals surface area contributed by atoms with E-state index in [1.54, 1.807) is 36.4 Å². The van der Waals surface area contributed by atoms with E-state index in [-0.39, 0.29) is 29.8 Å². The van der Waals surface area contributed by atoms with Crippen LogP contribution in [0.2, 0.25) is 0 Å². The number of nitrogens with one attached hydrogen (secondary N) is 3. The van der Waals surface area contributed by atoms with E-state index in [0.29, 0.717) is 5.01 Å². The van der Waals surface area contributed by atoms with Crippen molar-refractivity contribution in [2.75, 3.05) is 20.3 Å². The lowest BCUT2D eigenvalue weighted by Gasteiger charge is -2.52. The third-order valence-corrected chi connectivity index (χ3v) is 5.81. The molecule has 1 saturated heterocycles. The minimum Gasteiger partial charge on any atom is -0.332 e. The van der Waals surface area contributed by atoms with Crippen LogP contribution in [0.15, 0.2) is 85.2 Å². The van der Waals surface area contributed by atoms with Crippen LogP contribution in [0.3, 0.4) is 0 Å². The van der Waals surface area contributed by atoms with Crippen molar-refractivity contribution in [3.05, 3.63) is 112 Å². The molecule has 0 aliphatic carbocycles. The second kappa shape index (κ2) is 11.0. The monoisotopic (exact) mass is 520 g/mol. The molecule has 2 heterocycles. The van der Waals surface area contributed by atoms with Gasteiger partial charge in [0.2, 0.25) is 0 Å². The van der Waals surface area contributed by atoms with Gasteiger partial charge in [0.05, 0.1) is 12.2 Å².